The lowest BCUT2D eigenvalue weighted by Crippen LogP contribution is -2.31. The largest absolute Gasteiger partial charge is 0.311 e. The van der Waals surface area contributed by atoms with Gasteiger partial charge in [-0.15, -0.1) is 0 Å². The Kier molecular flexibility index (Phi) is 4.63. The number of amides is 3. The number of aromatic nitrogens is 2. The van der Waals surface area contributed by atoms with Crippen molar-refractivity contribution >= 4 is 40.8 Å². The monoisotopic (exact) mass is 434 g/mol. The van der Waals surface area contributed by atoms with Gasteiger partial charge in [-0.25, -0.2) is 4.68 Å². The summed E-state index contributed by atoms with van der Waals surface area (Å²) >= 11 is 6.01. The van der Waals surface area contributed by atoms with Crippen LogP contribution in [0.4, 0.5) is 11.5 Å². The van der Waals surface area contributed by atoms with Gasteiger partial charge in [0.1, 0.15) is 5.82 Å². The molecule has 3 aromatic rings. The number of benzene rings is 2. The Morgan fingerprint density at radius 2 is 1.61 bits per heavy atom. The number of halogens is 1. The molecule has 1 N–H and O–H groups in total. The van der Waals surface area contributed by atoms with Gasteiger partial charge in [0, 0.05) is 23.9 Å². The van der Waals surface area contributed by atoms with E-state index in [1.54, 1.807) is 53.2 Å². The van der Waals surface area contributed by atoms with Gasteiger partial charge in [0.15, 0.2) is 0 Å². The maximum absolute atomic E-state index is 13.2. The molecule has 156 valence electrons. The molecule has 5 rings (SSSR count). The fraction of sp³-hybridized carbons (Fsp3) is 0.217. The lowest BCUT2D eigenvalue weighted by molar-refractivity contribution is -0.122. The lowest BCUT2D eigenvalue weighted by Gasteiger charge is -2.21. The summed E-state index contributed by atoms with van der Waals surface area (Å²) in [5.74, 6) is -1.05. The molecular weight excluding hydrogens is 416 g/mol. The summed E-state index contributed by atoms with van der Waals surface area (Å²) in [7, 11) is 0. The van der Waals surface area contributed by atoms with E-state index in [-0.39, 0.29) is 17.7 Å². The summed E-state index contributed by atoms with van der Waals surface area (Å²) in [4.78, 5) is 39.5. The van der Waals surface area contributed by atoms with Crippen molar-refractivity contribution in [3.63, 3.8) is 0 Å². The zero-order valence-electron chi connectivity index (χ0n) is 16.7. The maximum Gasteiger partial charge on any atom is 0.238 e. The van der Waals surface area contributed by atoms with E-state index >= 15 is 0 Å². The Balaban J connectivity index is 1.55. The van der Waals surface area contributed by atoms with E-state index in [4.69, 9.17) is 16.7 Å². The van der Waals surface area contributed by atoms with Gasteiger partial charge < -0.3 is 5.32 Å². The van der Waals surface area contributed by atoms with Crippen LogP contribution in [0.1, 0.15) is 18.2 Å². The number of carbonyl (C=O) groups excluding carboxylic acids is 3. The van der Waals surface area contributed by atoms with Crippen LogP contribution in [0.5, 0.6) is 0 Å². The van der Waals surface area contributed by atoms with Gasteiger partial charge in [0.25, 0.3) is 0 Å². The van der Waals surface area contributed by atoms with Crippen LogP contribution in [0.2, 0.25) is 5.02 Å². The zero-order valence-corrected chi connectivity index (χ0v) is 17.5. The smallest absolute Gasteiger partial charge is 0.238 e. The molecule has 1 fully saturated rings. The summed E-state index contributed by atoms with van der Waals surface area (Å²) in [6, 6.07) is 16.1. The fourth-order valence-corrected chi connectivity index (χ4v) is 4.57. The molecular formula is C23H19ClN4O3. The Hall–Kier alpha value is -3.45. The minimum absolute atomic E-state index is 0.200. The van der Waals surface area contributed by atoms with Gasteiger partial charge >= 0.3 is 0 Å². The predicted molar refractivity (Wildman–Crippen MR) is 116 cm³/mol. The van der Waals surface area contributed by atoms with Crippen LogP contribution in [0.3, 0.4) is 0 Å². The first-order chi connectivity index (χ1) is 14.9. The summed E-state index contributed by atoms with van der Waals surface area (Å²) in [6.45, 7) is 1.43. The average molecular weight is 435 g/mol. The number of hydrogen-bond donors (Lipinski definition) is 1. The normalized spacial score (nSPS) is 19.9. The number of nitrogens with zero attached hydrogens (tertiary/aromatic N) is 3. The number of anilines is 2. The first kappa shape index (κ1) is 19.5. The fourth-order valence-electron chi connectivity index (χ4n) is 4.44. The second-order valence-electron chi connectivity index (χ2n) is 7.81. The number of hydrogen-bond acceptors (Lipinski definition) is 4. The van der Waals surface area contributed by atoms with Crippen molar-refractivity contribution in [1.29, 1.82) is 0 Å². The summed E-state index contributed by atoms with van der Waals surface area (Å²) in [5.41, 5.74) is 2.83. The van der Waals surface area contributed by atoms with Crippen molar-refractivity contribution in [2.75, 3.05) is 10.2 Å². The molecule has 3 amide bonds. The Bertz CT molecular complexity index is 1200. The molecule has 2 atom stereocenters. The zero-order chi connectivity index (χ0) is 21.7. The predicted octanol–water partition coefficient (Wildman–Crippen LogP) is 3.39. The number of imide groups is 1. The van der Waals surface area contributed by atoms with Gasteiger partial charge in [-0.1, -0.05) is 29.8 Å². The molecule has 0 radical (unpaired) electrons. The first-order valence-corrected chi connectivity index (χ1v) is 10.4. The van der Waals surface area contributed by atoms with E-state index in [1.807, 2.05) is 6.07 Å². The number of para-hydroxylation sites is 1. The molecule has 2 heterocycles. The van der Waals surface area contributed by atoms with Crippen LogP contribution in [-0.4, -0.2) is 27.5 Å². The highest BCUT2D eigenvalue weighted by atomic mass is 35.5. The third-order valence-electron chi connectivity index (χ3n) is 5.84. The molecule has 7 nitrogen and oxygen atoms in total. The highest BCUT2D eigenvalue weighted by molar-refractivity contribution is 6.30. The van der Waals surface area contributed by atoms with Crippen molar-refractivity contribution in [1.82, 2.24) is 9.78 Å². The number of fused-ring (bicyclic) bond motifs is 2. The van der Waals surface area contributed by atoms with E-state index in [9.17, 15) is 14.4 Å². The van der Waals surface area contributed by atoms with E-state index in [0.29, 0.717) is 29.4 Å². The Labute approximate surface area is 183 Å². The number of carbonyl (C=O) groups is 3. The highest BCUT2D eigenvalue weighted by Crippen LogP contribution is 2.42. The molecule has 1 aliphatic heterocycles. The van der Waals surface area contributed by atoms with Crippen molar-refractivity contribution in [3.8, 4) is 5.69 Å². The van der Waals surface area contributed by atoms with Crippen LogP contribution in [0.25, 0.3) is 5.69 Å². The molecule has 0 bridgehead atoms. The third-order valence-corrected chi connectivity index (χ3v) is 6.10. The van der Waals surface area contributed by atoms with E-state index in [0.717, 1.165) is 16.9 Å². The summed E-state index contributed by atoms with van der Waals surface area (Å²) in [6.07, 6.45) is 0.693. The Morgan fingerprint density at radius 1 is 0.968 bits per heavy atom. The minimum Gasteiger partial charge on any atom is -0.311 e. The van der Waals surface area contributed by atoms with Gasteiger partial charge in [-0.3, -0.25) is 19.3 Å². The maximum atomic E-state index is 13.2. The lowest BCUT2D eigenvalue weighted by atomic mass is 9.80. The topological polar surface area (TPSA) is 84.3 Å². The van der Waals surface area contributed by atoms with Crippen LogP contribution in [-0.2, 0) is 27.2 Å². The SMILES string of the molecule is CC(=O)Nc1c2c(nn1-c1ccc(Cl)cc1)CC1C(=O)N(c3ccccc3)C(=O)C1C2. The third kappa shape index (κ3) is 3.21. The van der Waals surface area contributed by atoms with Gasteiger partial charge in [-0.05, 0) is 42.8 Å². The molecule has 31 heavy (non-hydrogen) atoms. The Morgan fingerprint density at radius 3 is 2.26 bits per heavy atom. The quantitative estimate of drug-likeness (QED) is 0.640. The van der Waals surface area contributed by atoms with Gasteiger partial charge in [0.05, 0.1) is 28.9 Å². The van der Waals surface area contributed by atoms with Gasteiger partial charge in [0.2, 0.25) is 17.7 Å². The van der Waals surface area contributed by atoms with Crippen LogP contribution < -0.4 is 10.2 Å². The minimum atomic E-state index is -0.476. The van der Waals surface area contributed by atoms with Crippen molar-refractivity contribution in [2.45, 2.75) is 19.8 Å². The summed E-state index contributed by atoms with van der Waals surface area (Å²) in [5, 5.41) is 8.15. The van der Waals surface area contributed by atoms with Crippen LogP contribution in [0, 0.1) is 11.8 Å². The van der Waals surface area contributed by atoms with Gasteiger partial charge in [-0.2, -0.15) is 5.10 Å². The average Bonchev–Trinajstić information content (AvgIpc) is 3.22. The second-order valence-corrected chi connectivity index (χ2v) is 8.25. The van der Waals surface area contributed by atoms with Crippen molar-refractivity contribution in [3.05, 3.63) is 70.9 Å². The first-order valence-electron chi connectivity index (χ1n) is 10.0. The number of nitrogens with one attached hydrogen (secondary N) is 1. The molecule has 0 spiro atoms. The number of rotatable bonds is 3. The molecule has 1 aromatic heterocycles. The van der Waals surface area contributed by atoms with E-state index < -0.39 is 11.8 Å². The van der Waals surface area contributed by atoms with Crippen LogP contribution in [0.15, 0.2) is 54.6 Å². The second kappa shape index (κ2) is 7.35. The van der Waals surface area contributed by atoms with Crippen molar-refractivity contribution < 1.29 is 14.4 Å². The summed E-state index contributed by atoms with van der Waals surface area (Å²) < 4.78 is 1.65. The molecule has 0 saturated carbocycles. The molecule has 2 aliphatic rings. The standard InChI is InChI=1S/C23H19ClN4O3/c1-13(29)25-21-19-11-17-18(23(31)27(22(17)30)15-5-3-2-4-6-15)12-20(19)26-28(21)16-9-7-14(24)8-10-16/h2-10,17-18H,11-12H2,1H3,(H,25,29). The highest BCUT2D eigenvalue weighted by Gasteiger charge is 2.51. The molecule has 1 aliphatic carbocycles. The van der Waals surface area contributed by atoms with E-state index in [1.165, 1.54) is 11.8 Å². The molecule has 1 saturated heterocycles. The van der Waals surface area contributed by atoms with Crippen molar-refractivity contribution in [2.24, 2.45) is 11.8 Å². The molecule has 2 unspecified atom stereocenters. The molecule has 2 aromatic carbocycles. The molecule has 8 heteroatoms. The van der Waals surface area contributed by atoms with E-state index in [2.05, 4.69) is 5.32 Å². The van der Waals surface area contributed by atoms with Crippen LogP contribution >= 0.6 is 11.6 Å².